The van der Waals surface area contributed by atoms with Crippen molar-refractivity contribution in [2.45, 2.75) is 0 Å². The zero-order chi connectivity index (χ0) is 54.7. The molecule has 7 aromatic heterocycles. The monoisotopic (exact) mass is 1070 g/mol. The highest BCUT2D eigenvalue weighted by Gasteiger charge is 2.23. The number of para-hydroxylation sites is 6. The highest BCUT2D eigenvalue weighted by atomic mass is 16.3. The summed E-state index contributed by atoms with van der Waals surface area (Å²) in [6.45, 7) is 0. The van der Waals surface area contributed by atoms with Crippen molar-refractivity contribution >= 4 is 131 Å². The van der Waals surface area contributed by atoms with Crippen LogP contribution in [0.2, 0.25) is 0 Å². The predicted molar refractivity (Wildman–Crippen MR) is 343 cm³/mol. The summed E-state index contributed by atoms with van der Waals surface area (Å²) in [6, 6.07) is 92.2. The van der Waals surface area contributed by atoms with Gasteiger partial charge in [-0.15, -0.1) is 0 Å². The minimum Gasteiger partial charge on any atom is -0.455 e. The molecular weight excluding hydrogens is 1030 g/mol. The third-order valence-corrected chi connectivity index (χ3v) is 17.5. The van der Waals surface area contributed by atoms with E-state index in [2.05, 4.69) is 238 Å². The number of benzene rings is 12. The third kappa shape index (κ3) is 6.36. The molecule has 0 atom stereocenters. The summed E-state index contributed by atoms with van der Waals surface area (Å²) in [7, 11) is 0. The van der Waals surface area contributed by atoms with Crippen molar-refractivity contribution in [1.82, 2.24) is 23.7 Å². The molecule has 0 radical (unpaired) electrons. The molecule has 19 rings (SSSR count). The summed E-state index contributed by atoms with van der Waals surface area (Å²) in [5, 5.41) is 13.4. The fourth-order valence-corrected chi connectivity index (χ4v) is 13.8. The van der Waals surface area contributed by atoms with Gasteiger partial charge in [0.1, 0.15) is 33.5 Å². The van der Waals surface area contributed by atoms with Gasteiger partial charge in [0.2, 0.25) is 0 Å². The van der Waals surface area contributed by atoms with Crippen LogP contribution in [0, 0.1) is 0 Å². The van der Waals surface area contributed by atoms with E-state index in [4.69, 9.17) is 23.2 Å². The Balaban J connectivity index is 0.771. The zero-order valence-electron chi connectivity index (χ0n) is 44.8. The van der Waals surface area contributed by atoms with Crippen LogP contribution in [0.4, 0.5) is 0 Å². The van der Waals surface area contributed by atoms with Crippen molar-refractivity contribution < 1.29 is 13.3 Å². The SMILES string of the molecule is c1cc(-c2cc(-c3ccc(-n4c5ccccc5c5c6oc7ccccc7c6ccc54)cc3)nc(-c3ccc(-n4c5ccccc5c5c6oc7ccccc7c6ccc54)cc3)n2)cc(-n2c3ccccc3c3c4oc5ccccc5c4ccc32)c1. The molecule has 19 aromatic rings. The quantitative estimate of drug-likeness (QED) is 0.166. The minimum atomic E-state index is 0.621. The number of hydrogen-bond acceptors (Lipinski definition) is 5. The van der Waals surface area contributed by atoms with E-state index in [1.165, 1.54) is 0 Å². The molecular formula is C76H43N5O3. The Hall–Kier alpha value is -11.5. The molecule has 0 aliphatic carbocycles. The number of furan rings is 3. The summed E-state index contributed by atoms with van der Waals surface area (Å²) in [5.74, 6) is 0.621. The molecule has 0 saturated carbocycles. The number of nitrogens with zero attached hydrogens (tertiary/aromatic N) is 5. The molecule has 12 aromatic carbocycles. The Morgan fingerprint density at radius 3 is 1.05 bits per heavy atom. The second-order valence-electron chi connectivity index (χ2n) is 22.0. The topological polar surface area (TPSA) is 80.0 Å². The summed E-state index contributed by atoms with van der Waals surface area (Å²) in [5.41, 5.74) is 19.4. The first kappa shape index (κ1) is 45.3. The van der Waals surface area contributed by atoms with Gasteiger partial charge in [-0.25, -0.2) is 9.97 Å². The van der Waals surface area contributed by atoms with Crippen molar-refractivity contribution in [2.24, 2.45) is 0 Å². The van der Waals surface area contributed by atoms with Crippen LogP contribution < -0.4 is 0 Å². The molecule has 84 heavy (non-hydrogen) atoms. The lowest BCUT2D eigenvalue weighted by atomic mass is 10.1. The smallest absolute Gasteiger partial charge is 0.160 e. The Morgan fingerprint density at radius 1 is 0.238 bits per heavy atom. The van der Waals surface area contributed by atoms with Crippen LogP contribution in [-0.2, 0) is 0 Å². The average molecular weight is 1070 g/mol. The molecule has 0 spiro atoms. The largest absolute Gasteiger partial charge is 0.455 e. The molecule has 0 aliphatic rings. The number of hydrogen-bond donors (Lipinski definition) is 0. The lowest BCUT2D eigenvalue weighted by Crippen LogP contribution is -1.99. The maximum atomic E-state index is 6.67. The molecule has 8 nitrogen and oxygen atoms in total. The fourth-order valence-electron chi connectivity index (χ4n) is 13.8. The summed E-state index contributed by atoms with van der Waals surface area (Å²) < 4.78 is 27.0. The van der Waals surface area contributed by atoms with Gasteiger partial charge in [-0.1, -0.05) is 133 Å². The van der Waals surface area contributed by atoms with Crippen LogP contribution in [0.1, 0.15) is 0 Å². The van der Waals surface area contributed by atoms with E-state index >= 15 is 0 Å². The van der Waals surface area contributed by atoms with Gasteiger partial charge < -0.3 is 27.0 Å². The Labute approximate surface area is 477 Å². The molecule has 0 saturated heterocycles. The van der Waals surface area contributed by atoms with Crippen molar-refractivity contribution in [3.63, 3.8) is 0 Å². The number of aromatic nitrogens is 5. The van der Waals surface area contributed by atoms with Crippen LogP contribution >= 0.6 is 0 Å². The highest BCUT2D eigenvalue weighted by molar-refractivity contribution is 6.26. The zero-order valence-corrected chi connectivity index (χ0v) is 44.8. The molecule has 0 unspecified atom stereocenters. The van der Waals surface area contributed by atoms with E-state index in [0.29, 0.717) is 5.82 Å². The van der Waals surface area contributed by atoms with Crippen LogP contribution in [0.3, 0.4) is 0 Å². The average Bonchev–Trinajstić information content (AvgIpc) is 2.11. The lowest BCUT2D eigenvalue weighted by Gasteiger charge is -2.13. The molecule has 0 amide bonds. The van der Waals surface area contributed by atoms with Gasteiger partial charge in [-0.2, -0.15) is 0 Å². The second kappa shape index (κ2) is 17.0. The van der Waals surface area contributed by atoms with Gasteiger partial charge in [0.25, 0.3) is 0 Å². The molecule has 0 aliphatic heterocycles. The van der Waals surface area contributed by atoms with Crippen LogP contribution in [-0.4, -0.2) is 23.7 Å². The molecule has 0 N–H and O–H groups in total. The Morgan fingerprint density at radius 2 is 0.607 bits per heavy atom. The van der Waals surface area contributed by atoms with Crippen LogP contribution in [0.15, 0.2) is 274 Å². The third-order valence-electron chi connectivity index (χ3n) is 17.5. The number of fused-ring (bicyclic) bond motifs is 21. The van der Waals surface area contributed by atoms with E-state index in [9.17, 15) is 0 Å². The lowest BCUT2D eigenvalue weighted by molar-refractivity contribution is 0.672. The van der Waals surface area contributed by atoms with Crippen molar-refractivity contribution in [3.05, 3.63) is 261 Å². The van der Waals surface area contributed by atoms with Crippen molar-refractivity contribution in [1.29, 1.82) is 0 Å². The second-order valence-corrected chi connectivity index (χ2v) is 22.0. The van der Waals surface area contributed by atoms with E-state index in [0.717, 1.165) is 176 Å². The molecule has 390 valence electrons. The molecule has 0 bridgehead atoms. The summed E-state index contributed by atoms with van der Waals surface area (Å²) >= 11 is 0. The Bertz CT molecular complexity index is 5740. The summed E-state index contributed by atoms with van der Waals surface area (Å²) in [6.07, 6.45) is 0. The molecule has 8 heteroatoms. The number of rotatable bonds is 6. The fraction of sp³-hybridized carbons (Fsp3) is 0. The van der Waals surface area contributed by atoms with Gasteiger partial charge in [0.05, 0.1) is 60.6 Å². The predicted octanol–water partition coefficient (Wildman–Crippen LogP) is 20.5. The molecule has 0 fully saturated rings. The first-order valence-electron chi connectivity index (χ1n) is 28.4. The normalized spacial score (nSPS) is 12.3. The van der Waals surface area contributed by atoms with E-state index in [1.54, 1.807) is 0 Å². The van der Waals surface area contributed by atoms with Crippen LogP contribution in [0.25, 0.3) is 182 Å². The standard InChI is InChI=1S/C76H43N5O3/c1-7-22-61-56(19-1)70-64(39-36-53-50-16-4-10-25-67(50)82-73(53)70)79(61)47-32-28-44(29-33-47)59-43-60(46-14-13-15-49(42-46)81-63-24-9-3-21-58(63)72-66(81)41-38-55-52-18-6-12-27-69(52)84-75(55)72)78-76(77-59)45-30-34-48(35-31-45)80-62-23-8-2-20-57(62)71-65(80)40-37-54-51-17-5-11-26-68(51)83-74(54)71/h1-43H. The minimum absolute atomic E-state index is 0.621. The summed E-state index contributed by atoms with van der Waals surface area (Å²) in [4.78, 5) is 10.9. The van der Waals surface area contributed by atoms with Gasteiger partial charge in [0.15, 0.2) is 5.82 Å². The first-order chi connectivity index (χ1) is 41.6. The van der Waals surface area contributed by atoms with E-state index in [-0.39, 0.29) is 0 Å². The highest BCUT2D eigenvalue weighted by Crippen LogP contribution is 2.45. The van der Waals surface area contributed by atoms with E-state index < -0.39 is 0 Å². The van der Waals surface area contributed by atoms with Crippen molar-refractivity contribution in [2.75, 3.05) is 0 Å². The molecule has 7 heterocycles. The van der Waals surface area contributed by atoms with Gasteiger partial charge in [-0.05, 0) is 127 Å². The van der Waals surface area contributed by atoms with Gasteiger partial charge in [-0.3, -0.25) is 0 Å². The van der Waals surface area contributed by atoms with Crippen LogP contribution in [0.5, 0.6) is 0 Å². The maximum absolute atomic E-state index is 6.67. The Kier molecular flexibility index (Phi) is 9.18. The first-order valence-corrected chi connectivity index (χ1v) is 28.4. The van der Waals surface area contributed by atoms with Gasteiger partial charge in [0, 0.05) is 82.2 Å². The van der Waals surface area contributed by atoms with E-state index in [1.807, 2.05) is 36.4 Å². The maximum Gasteiger partial charge on any atom is 0.160 e. The van der Waals surface area contributed by atoms with Gasteiger partial charge >= 0.3 is 0 Å². The van der Waals surface area contributed by atoms with Crippen molar-refractivity contribution in [3.8, 4) is 51.0 Å².